The molecule has 1 aromatic carbocycles. The van der Waals surface area contributed by atoms with E-state index in [1.165, 1.54) is 13.2 Å². The molecule has 0 atom stereocenters. The van der Waals surface area contributed by atoms with E-state index >= 15 is 0 Å². The van der Waals surface area contributed by atoms with Crippen LogP contribution in [-0.4, -0.2) is 13.1 Å². The molecular formula is C16H23FO2. The summed E-state index contributed by atoms with van der Waals surface area (Å²) >= 11 is 0. The maximum atomic E-state index is 14.3. The highest BCUT2D eigenvalue weighted by Gasteiger charge is 2.19. The van der Waals surface area contributed by atoms with Gasteiger partial charge in [-0.3, -0.25) is 0 Å². The molecule has 3 heteroatoms. The lowest BCUT2D eigenvalue weighted by Crippen LogP contribution is -2.08. The third-order valence-corrected chi connectivity index (χ3v) is 3.44. The number of carbonyl (C=O) groups excluding carboxylic acids is 1. The number of benzene rings is 1. The molecule has 0 saturated carbocycles. The Morgan fingerprint density at radius 3 is 2.26 bits per heavy atom. The van der Waals surface area contributed by atoms with Crippen LogP contribution in [0.25, 0.3) is 0 Å². The lowest BCUT2D eigenvalue weighted by atomic mass is 9.86. The summed E-state index contributed by atoms with van der Waals surface area (Å²) in [7, 11) is 1.31. The van der Waals surface area contributed by atoms with Crippen LogP contribution >= 0.6 is 0 Å². The van der Waals surface area contributed by atoms with Gasteiger partial charge in [-0.2, -0.15) is 0 Å². The van der Waals surface area contributed by atoms with Crippen molar-refractivity contribution in [1.29, 1.82) is 0 Å². The Morgan fingerprint density at radius 2 is 1.84 bits per heavy atom. The van der Waals surface area contributed by atoms with E-state index in [1.54, 1.807) is 6.07 Å². The number of methoxy groups -OCH3 is 1. The molecule has 19 heavy (non-hydrogen) atoms. The van der Waals surface area contributed by atoms with Crippen LogP contribution < -0.4 is 0 Å². The average molecular weight is 266 g/mol. The van der Waals surface area contributed by atoms with Gasteiger partial charge in [-0.15, -0.1) is 0 Å². The Kier molecular flexibility index (Phi) is 6.00. The number of carbonyl (C=O) groups is 1. The van der Waals surface area contributed by atoms with Gasteiger partial charge in [0.05, 0.1) is 12.7 Å². The van der Waals surface area contributed by atoms with Crippen LogP contribution in [0.1, 0.15) is 66.9 Å². The molecule has 0 radical (unpaired) electrons. The topological polar surface area (TPSA) is 26.3 Å². The van der Waals surface area contributed by atoms with Crippen LogP contribution in [0, 0.1) is 12.7 Å². The van der Waals surface area contributed by atoms with E-state index < -0.39 is 5.97 Å². The van der Waals surface area contributed by atoms with Gasteiger partial charge in [0.25, 0.3) is 0 Å². The predicted molar refractivity (Wildman–Crippen MR) is 75.0 cm³/mol. The molecule has 0 saturated heterocycles. The van der Waals surface area contributed by atoms with Crippen molar-refractivity contribution < 1.29 is 13.9 Å². The van der Waals surface area contributed by atoms with Crippen molar-refractivity contribution in [3.05, 3.63) is 34.6 Å². The molecule has 0 aliphatic carbocycles. The minimum absolute atomic E-state index is 0.238. The molecule has 0 spiro atoms. The minimum atomic E-state index is -0.490. The van der Waals surface area contributed by atoms with Crippen molar-refractivity contribution >= 4 is 5.97 Å². The molecule has 1 aromatic rings. The number of hydrogen-bond donors (Lipinski definition) is 0. The van der Waals surface area contributed by atoms with Crippen LogP contribution in [0.5, 0.6) is 0 Å². The zero-order chi connectivity index (χ0) is 14.4. The Labute approximate surface area is 115 Å². The molecule has 1 rings (SSSR count). The Balaban J connectivity index is 3.17. The lowest BCUT2D eigenvalue weighted by Gasteiger charge is -2.19. The van der Waals surface area contributed by atoms with Gasteiger partial charge < -0.3 is 4.74 Å². The van der Waals surface area contributed by atoms with E-state index in [0.717, 1.165) is 36.8 Å². The lowest BCUT2D eigenvalue weighted by molar-refractivity contribution is 0.0600. The average Bonchev–Trinajstić information content (AvgIpc) is 2.37. The summed E-state index contributed by atoms with van der Waals surface area (Å²) < 4.78 is 18.9. The second-order valence-electron chi connectivity index (χ2n) is 4.95. The highest BCUT2D eigenvalue weighted by molar-refractivity contribution is 5.89. The first-order valence-electron chi connectivity index (χ1n) is 6.93. The van der Waals surface area contributed by atoms with E-state index in [1.807, 2.05) is 6.92 Å². The van der Waals surface area contributed by atoms with Crippen molar-refractivity contribution in [1.82, 2.24) is 0 Å². The van der Waals surface area contributed by atoms with Gasteiger partial charge in [0.15, 0.2) is 0 Å². The Morgan fingerprint density at radius 1 is 1.26 bits per heavy atom. The molecule has 0 aromatic heterocycles. The first kappa shape index (κ1) is 15.7. The van der Waals surface area contributed by atoms with Gasteiger partial charge in [-0.25, -0.2) is 9.18 Å². The maximum absolute atomic E-state index is 14.3. The quantitative estimate of drug-likeness (QED) is 0.703. The van der Waals surface area contributed by atoms with Gasteiger partial charge >= 0.3 is 5.97 Å². The van der Waals surface area contributed by atoms with Crippen molar-refractivity contribution in [3.63, 3.8) is 0 Å². The molecule has 0 N–H and O–H groups in total. The summed E-state index contributed by atoms with van der Waals surface area (Å²) in [4.78, 5) is 11.5. The van der Waals surface area contributed by atoms with E-state index in [4.69, 9.17) is 0 Å². The molecule has 106 valence electrons. The van der Waals surface area contributed by atoms with Crippen molar-refractivity contribution in [2.24, 2.45) is 0 Å². The largest absolute Gasteiger partial charge is 0.465 e. The van der Waals surface area contributed by atoms with Gasteiger partial charge in [-0.05, 0) is 48.9 Å². The normalized spacial score (nSPS) is 10.8. The fourth-order valence-electron chi connectivity index (χ4n) is 2.64. The first-order chi connectivity index (χ1) is 9.04. The summed E-state index contributed by atoms with van der Waals surface area (Å²) in [5.41, 5.74) is 1.89. The van der Waals surface area contributed by atoms with Crippen LogP contribution in [0.3, 0.4) is 0 Å². The molecule has 0 heterocycles. The summed E-state index contributed by atoms with van der Waals surface area (Å²) in [6.07, 6.45) is 4.01. The maximum Gasteiger partial charge on any atom is 0.337 e. The van der Waals surface area contributed by atoms with E-state index in [-0.39, 0.29) is 17.3 Å². The molecule has 0 bridgehead atoms. The van der Waals surface area contributed by atoms with Crippen LogP contribution in [0.15, 0.2) is 12.1 Å². The van der Waals surface area contributed by atoms with Crippen LogP contribution in [-0.2, 0) is 4.74 Å². The first-order valence-corrected chi connectivity index (χ1v) is 6.93. The van der Waals surface area contributed by atoms with Crippen LogP contribution in [0.4, 0.5) is 4.39 Å². The molecule has 0 aliphatic rings. The van der Waals surface area contributed by atoms with Gasteiger partial charge in [0, 0.05) is 0 Å². The zero-order valence-corrected chi connectivity index (χ0v) is 12.3. The van der Waals surface area contributed by atoms with Gasteiger partial charge in [0.2, 0.25) is 0 Å². The van der Waals surface area contributed by atoms with Crippen molar-refractivity contribution in [2.45, 2.75) is 52.4 Å². The zero-order valence-electron chi connectivity index (χ0n) is 12.3. The van der Waals surface area contributed by atoms with Gasteiger partial charge in [-0.1, -0.05) is 26.7 Å². The molecular weight excluding hydrogens is 243 g/mol. The summed E-state index contributed by atoms with van der Waals surface area (Å²) in [6, 6.07) is 3.02. The third-order valence-electron chi connectivity index (χ3n) is 3.44. The predicted octanol–water partition coefficient (Wildman–Crippen LogP) is 4.60. The molecule has 0 fully saturated rings. The minimum Gasteiger partial charge on any atom is -0.465 e. The standard InChI is InChI=1S/C16H23FO2/c1-5-7-12(8-6-2)15-11(3)9-13(10-14(15)17)16(18)19-4/h9-10,12H,5-8H2,1-4H3. The summed E-state index contributed by atoms with van der Waals surface area (Å²) in [6.45, 7) is 6.08. The van der Waals surface area contributed by atoms with E-state index in [2.05, 4.69) is 18.6 Å². The SMILES string of the molecule is CCCC(CCC)c1c(C)cc(C(=O)OC)cc1F. The fourth-order valence-corrected chi connectivity index (χ4v) is 2.64. The highest BCUT2D eigenvalue weighted by Crippen LogP contribution is 2.31. The number of rotatable bonds is 6. The Hall–Kier alpha value is -1.38. The smallest absolute Gasteiger partial charge is 0.337 e. The van der Waals surface area contributed by atoms with Crippen LogP contribution in [0.2, 0.25) is 0 Å². The molecule has 0 amide bonds. The second kappa shape index (κ2) is 7.27. The fraction of sp³-hybridized carbons (Fsp3) is 0.562. The molecule has 0 aliphatic heterocycles. The molecule has 0 unspecified atom stereocenters. The van der Waals surface area contributed by atoms with Crippen molar-refractivity contribution in [2.75, 3.05) is 7.11 Å². The number of hydrogen-bond acceptors (Lipinski definition) is 2. The van der Waals surface area contributed by atoms with Gasteiger partial charge in [0.1, 0.15) is 5.82 Å². The summed E-state index contributed by atoms with van der Waals surface area (Å²) in [5, 5.41) is 0. The number of aryl methyl sites for hydroxylation is 1. The van der Waals surface area contributed by atoms with E-state index in [9.17, 15) is 9.18 Å². The number of esters is 1. The number of halogens is 1. The monoisotopic (exact) mass is 266 g/mol. The third kappa shape index (κ3) is 3.79. The second-order valence-corrected chi connectivity index (χ2v) is 4.95. The number of ether oxygens (including phenoxy) is 1. The van der Waals surface area contributed by atoms with E-state index in [0.29, 0.717) is 0 Å². The highest BCUT2D eigenvalue weighted by atomic mass is 19.1. The van der Waals surface area contributed by atoms with Crippen molar-refractivity contribution in [3.8, 4) is 0 Å². The Bertz CT molecular complexity index is 411. The molecule has 2 nitrogen and oxygen atoms in total. The summed E-state index contributed by atoms with van der Waals surface area (Å²) in [5.74, 6) is -0.537.